The Kier molecular flexibility index (Phi) is 3.49. The van der Waals surface area contributed by atoms with Crippen molar-refractivity contribution in [3.8, 4) is 6.07 Å². The van der Waals surface area contributed by atoms with E-state index in [0.717, 1.165) is 16.3 Å². The van der Waals surface area contributed by atoms with Gasteiger partial charge in [-0.2, -0.15) is 5.26 Å². The van der Waals surface area contributed by atoms with Crippen molar-refractivity contribution in [2.24, 2.45) is 0 Å². The Hall–Kier alpha value is -2.92. The van der Waals surface area contributed by atoms with Crippen molar-refractivity contribution < 1.29 is 4.79 Å². The van der Waals surface area contributed by atoms with Crippen molar-refractivity contribution in [2.75, 3.05) is 0 Å². The van der Waals surface area contributed by atoms with Crippen LogP contribution in [0.25, 0.3) is 10.8 Å². The first-order valence-electron chi connectivity index (χ1n) is 6.77. The zero-order valence-electron chi connectivity index (χ0n) is 11.4. The average Bonchev–Trinajstić information content (AvgIpc) is 2.56. The van der Waals surface area contributed by atoms with Crippen LogP contribution in [0.15, 0.2) is 72.8 Å². The van der Waals surface area contributed by atoms with E-state index in [4.69, 9.17) is 0 Å². The number of nitriles is 1. The summed E-state index contributed by atoms with van der Waals surface area (Å²) in [7, 11) is 0. The number of Topliss-reactive ketones (excluding diaryl/α,β-unsaturated/α-hetero) is 1. The van der Waals surface area contributed by atoms with E-state index in [1.54, 1.807) is 6.07 Å². The summed E-state index contributed by atoms with van der Waals surface area (Å²) in [5.41, 5.74) is 1.31. The molecule has 0 fully saturated rings. The van der Waals surface area contributed by atoms with Crippen molar-refractivity contribution in [3.63, 3.8) is 0 Å². The number of benzene rings is 3. The van der Waals surface area contributed by atoms with Crippen LogP contribution in [0.1, 0.15) is 21.8 Å². The van der Waals surface area contributed by atoms with E-state index in [1.165, 1.54) is 0 Å². The van der Waals surface area contributed by atoms with Gasteiger partial charge in [-0.3, -0.25) is 4.79 Å². The first-order valence-corrected chi connectivity index (χ1v) is 6.77. The molecular formula is C19H13NO. The largest absolute Gasteiger partial charge is 0.292 e. The van der Waals surface area contributed by atoms with Crippen molar-refractivity contribution in [1.82, 2.24) is 0 Å². The van der Waals surface area contributed by atoms with Gasteiger partial charge >= 0.3 is 0 Å². The Balaban J connectivity index is 2.01. The molecule has 0 heterocycles. The van der Waals surface area contributed by atoms with E-state index in [9.17, 15) is 10.1 Å². The predicted molar refractivity (Wildman–Crippen MR) is 83.1 cm³/mol. The lowest BCUT2D eigenvalue weighted by molar-refractivity contribution is 0.0979. The summed E-state index contributed by atoms with van der Waals surface area (Å²) in [4.78, 5) is 12.6. The van der Waals surface area contributed by atoms with Crippen LogP contribution >= 0.6 is 0 Å². The molecule has 0 aliphatic heterocycles. The number of carbonyl (C=O) groups is 1. The van der Waals surface area contributed by atoms with E-state index in [1.807, 2.05) is 66.7 Å². The fourth-order valence-electron chi connectivity index (χ4n) is 2.44. The van der Waals surface area contributed by atoms with Crippen LogP contribution in [-0.2, 0) is 0 Å². The Labute approximate surface area is 123 Å². The second kappa shape index (κ2) is 5.60. The van der Waals surface area contributed by atoms with Crippen LogP contribution in [0, 0.1) is 11.3 Å². The number of nitrogens with zero attached hydrogens (tertiary/aromatic N) is 1. The monoisotopic (exact) mass is 271 g/mol. The van der Waals surface area contributed by atoms with Gasteiger partial charge in [0.05, 0.1) is 6.07 Å². The van der Waals surface area contributed by atoms with Gasteiger partial charge in [-0.05, 0) is 22.4 Å². The van der Waals surface area contributed by atoms with E-state index < -0.39 is 5.92 Å². The molecule has 3 rings (SSSR count). The molecule has 3 aromatic rings. The third kappa shape index (κ3) is 2.54. The second-order valence-electron chi connectivity index (χ2n) is 4.90. The maximum Gasteiger partial charge on any atom is 0.184 e. The zero-order valence-corrected chi connectivity index (χ0v) is 11.4. The van der Waals surface area contributed by atoms with Gasteiger partial charge in [0.1, 0.15) is 5.92 Å². The summed E-state index contributed by atoms with van der Waals surface area (Å²) in [6, 6.07) is 24.7. The van der Waals surface area contributed by atoms with Crippen LogP contribution in [-0.4, -0.2) is 5.78 Å². The third-order valence-electron chi connectivity index (χ3n) is 3.56. The number of rotatable bonds is 3. The summed E-state index contributed by atoms with van der Waals surface area (Å²) in [6.45, 7) is 0. The molecular weight excluding hydrogens is 258 g/mol. The number of fused-ring (bicyclic) bond motifs is 1. The van der Waals surface area contributed by atoms with Crippen molar-refractivity contribution in [1.29, 1.82) is 5.26 Å². The summed E-state index contributed by atoms with van der Waals surface area (Å²) < 4.78 is 0. The zero-order chi connectivity index (χ0) is 14.7. The molecule has 0 bridgehead atoms. The van der Waals surface area contributed by atoms with E-state index >= 15 is 0 Å². The summed E-state index contributed by atoms with van der Waals surface area (Å²) in [5.74, 6) is -0.915. The molecule has 3 aromatic carbocycles. The molecule has 0 unspecified atom stereocenters. The molecule has 21 heavy (non-hydrogen) atoms. The van der Waals surface area contributed by atoms with Crippen LogP contribution in [0.5, 0.6) is 0 Å². The van der Waals surface area contributed by atoms with Gasteiger partial charge in [-0.25, -0.2) is 0 Å². The highest BCUT2D eigenvalue weighted by atomic mass is 16.1. The Morgan fingerprint density at radius 1 is 0.857 bits per heavy atom. The Bertz CT molecular complexity index is 831. The van der Waals surface area contributed by atoms with Crippen LogP contribution in [0.2, 0.25) is 0 Å². The summed E-state index contributed by atoms with van der Waals surface area (Å²) in [6.07, 6.45) is 0. The highest BCUT2D eigenvalue weighted by Crippen LogP contribution is 2.23. The maximum absolute atomic E-state index is 12.6. The lowest BCUT2D eigenvalue weighted by atomic mass is 9.91. The Morgan fingerprint density at radius 3 is 2.24 bits per heavy atom. The van der Waals surface area contributed by atoms with E-state index in [0.29, 0.717) is 5.56 Å². The Morgan fingerprint density at radius 2 is 1.52 bits per heavy atom. The average molecular weight is 271 g/mol. The van der Waals surface area contributed by atoms with Gasteiger partial charge in [0.15, 0.2) is 5.78 Å². The molecule has 1 atom stereocenters. The predicted octanol–water partition coefficient (Wildman–Crippen LogP) is 4.33. The van der Waals surface area contributed by atoms with Gasteiger partial charge in [0, 0.05) is 5.56 Å². The standard InChI is InChI=1S/C19H13NO/c20-13-18(15-7-2-1-3-8-15)19(21)17-11-10-14-6-4-5-9-16(14)12-17/h1-12,18H/t18-/m0/s1. The van der Waals surface area contributed by atoms with Crippen molar-refractivity contribution in [3.05, 3.63) is 83.9 Å². The fraction of sp³-hybridized carbons (Fsp3) is 0.0526. The summed E-state index contributed by atoms with van der Waals surface area (Å²) >= 11 is 0. The van der Waals surface area contributed by atoms with Crippen LogP contribution in [0.4, 0.5) is 0 Å². The van der Waals surface area contributed by atoms with Gasteiger partial charge in [0.2, 0.25) is 0 Å². The highest BCUT2D eigenvalue weighted by Gasteiger charge is 2.21. The molecule has 100 valence electrons. The van der Waals surface area contributed by atoms with Crippen molar-refractivity contribution >= 4 is 16.6 Å². The van der Waals surface area contributed by atoms with Gasteiger partial charge in [-0.1, -0.05) is 66.7 Å². The van der Waals surface area contributed by atoms with Crippen LogP contribution in [0.3, 0.4) is 0 Å². The molecule has 0 aliphatic rings. The molecule has 0 aliphatic carbocycles. The number of hydrogen-bond donors (Lipinski definition) is 0. The molecule has 0 radical (unpaired) electrons. The molecule has 2 nitrogen and oxygen atoms in total. The first kappa shape index (κ1) is 13.1. The quantitative estimate of drug-likeness (QED) is 0.665. The smallest absolute Gasteiger partial charge is 0.184 e. The second-order valence-corrected chi connectivity index (χ2v) is 4.90. The summed E-state index contributed by atoms with van der Waals surface area (Å²) in [5, 5.41) is 11.4. The molecule has 2 heteroatoms. The number of carbonyl (C=O) groups excluding carboxylic acids is 1. The third-order valence-corrected chi connectivity index (χ3v) is 3.56. The lowest BCUT2D eigenvalue weighted by Crippen LogP contribution is -2.11. The molecule has 0 N–H and O–H groups in total. The molecule has 0 aromatic heterocycles. The SMILES string of the molecule is N#C[C@H](C(=O)c1ccc2ccccc2c1)c1ccccc1. The lowest BCUT2D eigenvalue weighted by Gasteiger charge is -2.09. The first-order chi connectivity index (χ1) is 10.3. The molecule has 0 amide bonds. The highest BCUT2D eigenvalue weighted by molar-refractivity contribution is 6.05. The number of ketones is 1. The minimum absolute atomic E-state index is 0.158. The van der Waals surface area contributed by atoms with Crippen molar-refractivity contribution in [2.45, 2.75) is 5.92 Å². The van der Waals surface area contributed by atoms with Gasteiger partial charge < -0.3 is 0 Å². The fourth-order valence-corrected chi connectivity index (χ4v) is 2.44. The topological polar surface area (TPSA) is 40.9 Å². The van der Waals surface area contributed by atoms with E-state index in [-0.39, 0.29) is 5.78 Å². The molecule has 0 saturated heterocycles. The maximum atomic E-state index is 12.6. The minimum Gasteiger partial charge on any atom is -0.292 e. The number of hydrogen-bond acceptors (Lipinski definition) is 2. The normalized spacial score (nSPS) is 11.8. The van der Waals surface area contributed by atoms with E-state index in [2.05, 4.69) is 6.07 Å². The van der Waals surface area contributed by atoms with Gasteiger partial charge in [0.25, 0.3) is 0 Å². The van der Waals surface area contributed by atoms with Gasteiger partial charge in [-0.15, -0.1) is 0 Å². The minimum atomic E-state index is -0.757. The molecule has 0 spiro atoms. The molecule has 0 saturated carbocycles. The van der Waals surface area contributed by atoms with Crippen LogP contribution < -0.4 is 0 Å².